The lowest BCUT2D eigenvalue weighted by atomic mass is 9.72. The highest BCUT2D eigenvalue weighted by Crippen LogP contribution is 2.57. The van der Waals surface area contributed by atoms with Crippen molar-refractivity contribution in [1.82, 2.24) is 5.32 Å². The Labute approximate surface area is 169 Å². The van der Waals surface area contributed by atoms with E-state index in [1.807, 2.05) is 66.5 Å². The number of hydrogen-bond acceptors (Lipinski definition) is 2. The number of nitrogens with one attached hydrogen (secondary N) is 1. The van der Waals surface area contributed by atoms with Gasteiger partial charge in [0.05, 0.1) is 11.5 Å². The number of carbonyl (C=O) groups excluding carboxylic acids is 1. The van der Waals surface area contributed by atoms with E-state index in [9.17, 15) is 4.79 Å². The first-order valence-electron chi connectivity index (χ1n) is 9.55. The molecule has 0 unspecified atom stereocenters. The molecule has 3 atom stereocenters. The highest BCUT2D eigenvalue weighted by atomic mass is 35.5. The molecule has 1 fully saturated rings. The van der Waals surface area contributed by atoms with Gasteiger partial charge in [-0.2, -0.15) is 0 Å². The number of fused-ring (bicyclic) bond motifs is 2. The van der Waals surface area contributed by atoms with Crippen LogP contribution in [-0.2, 0) is 10.2 Å². The fraction of sp³-hybridized carbons (Fsp3) is 0.208. The van der Waals surface area contributed by atoms with Gasteiger partial charge in [0.25, 0.3) is 0 Å². The maximum atomic E-state index is 13.7. The second-order valence-electron chi connectivity index (χ2n) is 7.67. The van der Waals surface area contributed by atoms with Crippen LogP contribution in [0.3, 0.4) is 0 Å². The molecule has 0 saturated carbocycles. The van der Waals surface area contributed by atoms with E-state index in [1.54, 1.807) is 0 Å². The summed E-state index contributed by atoms with van der Waals surface area (Å²) >= 11 is 6.31. The number of likely N-dealkylation sites (N-methyl/N-ethyl adjacent to an activating group) is 1. The predicted molar refractivity (Wildman–Crippen MR) is 113 cm³/mol. The number of rotatable bonds is 2. The van der Waals surface area contributed by atoms with Crippen molar-refractivity contribution in [3.05, 3.63) is 101 Å². The third-order valence-electron chi connectivity index (χ3n) is 6.20. The minimum atomic E-state index is -0.642. The second kappa shape index (κ2) is 6.47. The van der Waals surface area contributed by atoms with Gasteiger partial charge < -0.3 is 10.2 Å². The van der Waals surface area contributed by atoms with Crippen molar-refractivity contribution in [3.63, 3.8) is 0 Å². The first kappa shape index (κ1) is 17.5. The number of anilines is 1. The van der Waals surface area contributed by atoms with Crippen LogP contribution in [0.4, 0.5) is 5.69 Å². The number of carbonyl (C=O) groups is 1. The van der Waals surface area contributed by atoms with Crippen molar-refractivity contribution in [2.75, 3.05) is 11.9 Å². The molecule has 3 aromatic rings. The number of halogens is 1. The second-order valence-corrected chi connectivity index (χ2v) is 8.11. The molecular weight excluding hydrogens is 368 g/mol. The molecule has 1 saturated heterocycles. The van der Waals surface area contributed by atoms with Crippen molar-refractivity contribution >= 4 is 23.2 Å². The molecule has 28 heavy (non-hydrogen) atoms. The van der Waals surface area contributed by atoms with Gasteiger partial charge in [-0.3, -0.25) is 4.79 Å². The van der Waals surface area contributed by atoms with Crippen molar-refractivity contribution < 1.29 is 4.79 Å². The van der Waals surface area contributed by atoms with E-state index in [0.717, 1.165) is 16.8 Å². The van der Waals surface area contributed by atoms with Crippen LogP contribution in [0.1, 0.15) is 35.2 Å². The monoisotopic (exact) mass is 388 g/mol. The smallest absolute Gasteiger partial charge is 0.239 e. The van der Waals surface area contributed by atoms with E-state index in [-0.39, 0.29) is 18.0 Å². The maximum absolute atomic E-state index is 13.7. The zero-order valence-electron chi connectivity index (χ0n) is 15.6. The lowest BCUT2D eigenvalue weighted by Crippen LogP contribution is -2.42. The SMILES string of the molecule is CN1C(=O)[C@@]2(C[C@H](c3ccccc3)N[C@@H]2c2cccc(Cl)c2)c2ccccc21. The van der Waals surface area contributed by atoms with Gasteiger partial charge in [0, 0.05) is 23.8 Å². The van der Waals surface area contributed by atoms with Crippen LogP contribution >= 0.6 is 11.6 Å². The largest absolute Gasteiger partial charge is 0.314 e. The number of hydrogen-bond donors (Lipinski definition) is 1. The Balaban J connectivity index is 1.70. The third-order valence-corrected chi connectivity index (χ3v) is 6.44. The molecule has 1 spiro atoms. The van der Waals surface area contributed by atoms with E-state index in [4.69, 9.17) is 11.6 Å². The van der Waals surface area contributed by atoms with Crippen LogP contribution in [0.25, 0.3) is 0 Å². The van der Waals surface area contributed by atoms with Crippen molar-refractivity contribution in [1.29, 1.82) is 0 Å². The topological polar surface area (TPSA) is 32.3 Å². The van der Waals surface area contributed by atoms with Gasteiger partial charge in [0.2, 0.25) is 5.91 Å². The maximum Gasteiger partial charge on any atom is 0.239 e. The minimum Gasteiger partial charge on any atom is -0.314 e. The minimum absolute atomic E-state index is 0.0914. The average Bonchev–Trinajstić information content (AvgIpc) is 3.23. The van der Waals surface area contributed by atoms with Crippen LogP contribution in [-0.4, -0.2) is 13.0 Å². The molecule has 0 aromatic heterocycles. The first-order chi connectivity index (χ1) is 13.6. The van der Waals surface area contributed by atoms with Crippen molar-refractivity contribution in [3.8, 4) is 0 Å². The van der Waals surface area contributed by atoms with E-state index in [1.165, 1.54) is 5.56 Å². The fourth-order valence-electron chi connectivity index (χ4n) is 4.95. The standard InChI is InChI=1S/C24H21ClN2O/c1-27-21-13-6-5-12-19(21)24(23(27)28)15-20(16-8-3-2-4-9-16)26-22(24)17-10-7-11-18(25)14-17/h2-14,20,22,26H,15H2,1H3/t20-,22-,24+/m1/s1. The van der Waals surface area contributed by atoms with Crippen LogP contribution in [0, 0.1) is 0 Å². The molecule has 2 aliphatic heterocycles. The molecule has 3 nitrogen and oxygen atoms in total. The summed E-state index contributed by atoms with van der Waals surface area (Å²) < 4.78 is 0. The average molecular weight is 389 g/mol. The Morgan fingerprint density at radius 1 is 0.964 bits per heavy atom. The molecule has 140 valence electrons. The summed E-state index contributed by atoms with van der Waals surface area (Å²) in [4.78, 5) is 15.5. The lowest BCUT2D eigenvalue weighted by Gasteiger charge is -2.30. The van der Waals surface area contributed by atoms with Gasteiger partial charge in [-0.15, -0.1) is 0 Å². The number of nitrogens with zero attached hydrogens (tertiary/aromatic N) is 1. The Kier molecular flexibility index (Phi) is 4.04. The Morgan fingerprint density at radius 2 is 1.68 bits per heavy atom. The van der Waals surface area contributed by atoms with E-state index < -0.39 is 5.41 Å². The van der Waals surface area contributed by atoms with Crippen molar-refractivity contribution in [2.45, 2.75) is 23.9 Å². The summed E-state index contributed by atoms with van der Waals surface area (Å²) in [6.07, 6.45) is 0.717. The van der Waals surface area contributed by atoms with Crippen LogP contribution in [0.5, 0.6) is 0 Å². The van der Waals surface area contributed by atoms with Crippen LogP contribution < -0.4 is 10.2 Å². The molecule has 0 radical (unpaired) electrons. The molecule has 2 aliphatic rings. The number of amides is 1. The molecule has 2 heterocycles. The first-order valence-corrected chi connectivity index (χ1v) is 9.93. The third kappa shape index (κ3) is 2.43. The van der Waals surface area contributed by atoms with Gasteiger partial charge in [0.1, 0.15) is 0 Å². The molecule has 1 amide bonds. The van der Waals surface area contributed by atoms with Crippen LogP contribution in [0.2, 0.25) is 5.02 Å². The summed E-state index contributed by atoms with van der Waals surface area (Å²) in [6, 6.07) is 26.3. The summed E-state index contributed by atoms with van der Waals surface area (Å²) in [6.45, 7) is 0. The number of para-hydroxylation sites is 1. The van der Waals surface area contributed by atoms with Gasteiger partial charge in [-0.05, 0) is 41.3 Å². The lowest BCUT2D eigenvalue weighted by molar-refractivity contribution is -0.123. The van der Waals surface area contributed by atoms with Crippen LogP contribution in [0.15, 0.2) is 78.9 Å². The molecule has 0 aliphatic carbocycles. The Hall–Kier alpha value is -2.62. The highest BCUT2D eigenvalue weighted by molar-refractivity contribution is 6.30. The zero-order valence-corrected chi connectivity index (χ0v) is 16.4. The highest BCUT2D eigenvalue weighted by Gasteiger charge is 2.59. The van der Waals surface area contributed by atoms with E-state index in [0.29, 0.717) is 11.4 Å². The molecule has 4 heteroatoms. The summed E-state index contributed by atoms with van der Waals surface area (Å²) in [7, 11) is 1.88. The number of benzene rings is 3. The van der Waals surface area contributed by atoms with Crippen molar-refractivity contribution in [2.24, 2.45) is 0 Å². The molecule has 5 rings (SSSR count). The van der Waals surface area contributed by atoms with E-state index in [2.05, 4.69) is 29.6 Å². The van der Waals surface area contributed by atoms with E-state index >= 15 is 0 Å². The molecule has 3 aromatic carbocycles. The summed E-state index contributed by atoms with van der Waals surface area (Å²) in [5.74, 6) is 0.143. The Bertz CT molecular complexity index is 1050. The predicted octanol–water partition coefficient (Wildman–Crippen LogP) is 5.03. The quantitative estimate of drug-likeness (QED) is 0.667. The molecular formula is C24H21ClN2O. The molecule has 1 N–H and O–H groups in total. The van der Waals surface area contributed by atoms with Gasteiger partial charge >= 0.3 is 0 Å². The Morgan fingerprint density at radius 3 is 2.46 bits per heavy atom. The molecule has 0 bridgehead atoms. The van der Waals surface area contributed by atoms with Gasteiger partial charge in [-0.1, -0.05) is 72.3 Å². The summed E-state index contributed by atoms with van der Waals surface area (Å²) in [5.41, 5.74) is 3.69. The summed E-state index contributed by atoms with van der Waals surface area (Å²) in [5, 5.41) is 4.45. The van der Waals surface area contributed by atoms with Gasteiger partial charge in [-0.25, -0.2) is 0 Å². The fourth-order valence-corrected chi connectivity index (χ4v) is 5.15. The normalized spacial score (nSPS) is 26.1. The van der Waals surface area contributed by atoms with Gasteiger partial charge in [0.15, 0.2) is 0 Å². The zero-order chi connectivity index (χ0) is 19.3.